The van der Waals surface area contributed by atoms with Crippen LogP contribution in [0.1, 0.15) is 22.9 Å². The lowest BCUT2D eigenvalue weighted by Gasteiger charge is -2.33. The van der Waals surface area contributed by atoms with Crippen molar-refractivity contribution in [3.05, 3.63) is 63.8 Å². The van der Waals surface area contributed by atoms with E-state index < -0.39 is 0 Å². The molecule has 4 heteroatoms. The van der Waals surface area contributed by atoms with Crippen LogP contribution in [-0.2, 0) is 6.42 Å². The van der Waals surface area contributed by atoms with Crippen LogP contribution in [-0.4, -0.2) is 31.3 Å². The standard InChI is InChI=1S/C18H16BBrN2/c1-22-9-8-14-15-10-12(19)4-7-16(15)21-17(14)18(22)11-2-5-13(20)6-3-11/h2-7,10,18,21H,8-9H2,1H3. The summed E-state index contributed by atoms with van der Waals surface area (Å²) in [7, 11) is 8.17. The predicted molar refractivity (Wildman–Crippen MR) is 96.0 cm³/mol. The van der Waals surface area contributed by atoms with Gasteiger partial charge in [-0.3, -0.25) is 4.90 Å². The van der Waals surface area contributed by atoms with E-state index in [1.807, 2.05) is 6.07 Å². The summed E-state index contributed by atoms with van der Waals surface area (Å²) in [6.07, 6.45) is 1.06. The number of halogens is 1. The molecule has 2 heterocycles. The van der Waals surface area contributed by atoms with Gasteiger partial charge in [-0.1, -0.05) is 45.7 Å². The van der Waals surface area contributed by atoms with Gasteiger partial charge in [0.05, 0.1) is 6.04 Å². The van der Waals surface area contributed by atoms with Crippen molar-refractivity contribution in [2.24, 2.45) is 0 Å². The number of aromatic amines is 1. The summed E-state index contributed by atoms with van der Waals surface area (Å²) in [5.41, 5.74) is 6.03. The van der Waals surface area contributed by atoms with Gasteiger partial charge in [-0.15, -0.1) is 0 Å². The maximum atomic E-state index is 5.98. The first-order valence-corrected chi connectivity index (χ1v) is 8.28. The van der Waals surface area contributed by atoms with Crippen LogP contribution in [0.5, 0.6) is 0 Å². The molecule has 3 aromatic rings. The van der Waals surface area contributed by atoms with Crippen LogP contribution in [0.4, 0.5) is 0 Å². The van der Waals surface area contributed by atoms with Crippen molar-refractivity contribution in [1.82, 2.24) is 9.88 Å². The molecule has 1 unspecified atom stereocenters. The second-order valence-corrected chi connectivity index (χ2v) is 6.92. The van der Waals surface area contributed by atoms with Crippen molar-refractivity contribution in [1.29, 1.82) is 0 Å². The summed E-state index contributed by atoms with van der Waals surface area (Å²) >= 11 is 3.52. The van der Waals surface area contributed by atoms with Gasteiger partial charge in [0.1, 0.15) is 7.85 Å². The van der Waals surface area contributed by atoms with E-state index in [9.17, 15) is 0 Å². The zero-order valence-corrected chi connectivity index (χ0v) is 14.0. The third kappa shape index (κ3) is 2.22. The maximum absolute atomic E-state index is 5.98. The first kappa shape index (κ1) is 14.1. The topological polar surface area (TPSA) is 19.0 Å². The number of fused-ring (bicyclic) bond motifs is 3. The van der Waals surface area contributed by atoms with E-state index in [1.165, 1.54) is 27.7 Å². The molecular formula is C18H16BBrN2. The fourth-order valence-electron chi connectivity index (χ4n) is 3.49. The van der Waals surface area contributed by atoms with Crippen LogP contribution in [0.2, 0.25) is 0 Å². The van der Waals surface area contributed by atoms with Crippen LogP contribution in [0.25, 0.3) is 10.9 Å². The van der Waals surface area contributed by atoms with Gasteiger partial charge in [0.15, 0.2) is 0 Å². The number of nitrogens with one attached hydrogen (secondary N) is 1. The van der Waals surface area contributed by atoms with Crippen LogP contribution < -0.4 is 5.46 Å². The summed E-state index contributed by atoms with van der Waals surface area (Å²) in [6.45, 7) is 1.05. The number of hydrogen-bond donors (Lipinski definition) is 1. The molecule has 2 nitrogen and oxygen atoms in total. The number of rotatable bonds is 1. The van der Waals surface area contributed by atoms with Gasteiger partial charge >= 0.3 is 0 Å². The second-order valence-electron chi connectivity index (χ2n) is 6.01. The Morgan fingerprint density at radius 3 is 2.73 bits per heavy atom. The Morgan fingerprint density at radius 1 is 1.18 bits per heavy atom. The van der Waals surface area contributed by atoms with Crippen LogP contribution in [0.3, 0.4) is 0 Å². The molecule has 4 rings (SSSR count). The Labute approximate surface area is 140 Å². The Morgan fingerprint density at radius 2 is 1.95 bits per heavy atom. The molecule has 1 aliphatic heterocycles. The fourth-order valence-corrected chi connectivity index (χ4v) is 3.76. The molecule has 0 bridgehead atoms. The molecule has 1 atom stereocenters. The molecule has 0 aliphatic carbocycles. The third-order valence-electron chi connectivity index (χ3n) is 4.58. The molecule has 1 aliphatic rings. The van der Waals surface area contributed by atoms with Crippen molar-refractivity contribution in [2.75, 3.05) is 13.6 Å². The van der Waals surface area contributed by atoms with Crippen molar-refractivity contribution < 1.29 is 0 Å². The van der Waals surface area contributed by atoms with Crippen LogP contribution in [0, 0.1) is 0 Å². The summed E-state index contributed by atoms with van der Waals surface area (Å²) in [6, 6.07) is 15.0. The summed E-state index contributed by atoms with van der Waals surface area (Å²) in [5.74, 6) is 0. The molecule has 0 fully saturated rings. The maximum Gasteiger partial charge on any atom is 0.113 e. The Bertz CT molecular complexity index is 838. The zero-order valence-electron chi connectivity index (χ0n) is 12.4. The monoisotopic (exact) mass is 350 g/mol. The van der Waals surface area contributed by atoms with Crippen molar-refractivity contribution in [2.45, 2.75) is 12.5 Å². The second kappa shape index (κ2) is 5.29. The molecule has 1 aromatic heterocycles. The Hall–Kier alpha value is -1.52. The van der Waals surface area contributed by atoms with E-state index in [2.05, 4.69) is 69.3 Å². The number of benzene rings is 2. The molecule has 0 spiro atoms. The zero-order chi connectivity index (χ0) is 15.3. The molecule has 108 valence electrons. The van der Waals surface area contributed by atoms with Gasteiger partial charge in [-0.05, 0) is 42.8 Å². The van der Waals surface area contributed by atoms with Gasteiger partial charge < -0.3 is 4.98 Å². The average molecular weight is 351 g/mol. The quantitative estimate of drug-likeness (QED) is 0.667. The molecule has 0 saturated heterocycles. The molecule has 22 heavy (non-hydrogen) atoms. The minimum absolute atomic E-state index is 0.269. The molecule has 0 saturated carbocycles. The third-order valence-corrected chi connectivity index (χ3v) is 5.11. The van der Waals surface area contributed by atoms with Gasteiger partial charge in [-0.25, -0.2) is 0 Å². The molecule has 2 radical (unpaired) electrons. The van der Waals surface area contributed by atoms with Gasteiger partial charge in [0, 0.05) is 27.6 Å². The molecule has 0 amide bonds. The number of H-pyrrole nitrogens is 1. The number of aromatic nitrogens is 1. The van der Waals surface area contributed by atoms with E-state index in [0.29, 0.717) is 0 Å². The van der Waals surface area contributed by atoms with Gasteiger partial charge in [0.2, 0.25) is 0 Å². The highest BCUT2D eigenvalue weighted by Gasteiger charge is 2.29. The van der Waals surface area contributed by atoms with Crippen LogP contribution in [0.15, 0.2) is 46.9 Å². The normalized spacial score (nSPS) is 18.5. The lowest BCUT2D eigenvalue weighted by atomic mass is 9.90. The summed E-state index contributed by atoms with van der Waals surface area (Å²) < 4.78 is 1.11. The van der Waals surface area contributed by atoms with E-state index in [4.69, 9.17) is 7.85 Å². The van der Waals surface area contributed by atoms with E-state index in [-0.39, 0.29) is 6.04 Å². The van der Waals surface area contributed by atoms with E-state index >= 15 is 0 Å². The fraction of sp³-hybridized carbons (Fsp3) is 0.222. The number of likely N-dealkylation sites (N-methyl/N-ethyl adjacent to an activating group) is 1. The largest absolute Gasteiger partial charge is 0.357 e. The highest BCUT2D eigenvalue weighted by molar-refractivity contribution is 9.10. The van der Waals surface area contributed by atoms with Gasteiger partial charge in [-0.2, -0.15) is 0 Å². The Kier molecular flexibility index (Phi) is 3.39. The minimum atomic E-state index is 0.269. The lowest BCUT2D eigenvalue weighted by Crippen LogP contribution is -2.32. The Balaban J connectivity index is 1.91. The highest BCUT2D eigenvalue weighted by Crippen LogP contribution is 2.37. The SMILES string of the molecule is [B]c1ccc2[nH]c3c(c2c1)CCN(C)C3c1ccc(Br)cc1. The average Bonchev–Trinajstić information content (AvgIpc) is 2.86. The highest BCUT2D eigenvalue weighted by atomic mass is 79.9. The van der Waals surface area contributed by atoms with Crippen molar-refractivity contribution in [3.8, 4) is 0 Å². The molecular weight excluding hydrogens is 335 g/mol. The predicted octanol–water partition coefficient (Wildman–Crippen LogP) is 3.30. The molecule has 2 aromatic carbocycles. The summed E-state index contributed by atoms with van der Waals surface area (Å²) in [4.78, 5) is 6.03. The summed E-state index contributed by atoms with van der Waals surface area (Å²) in [5, 5.41) is 1.27. The first-order valence-electron chi connectivity index (χ1n) is 7.49. The van der Waals surface area contributed by atoms with E-state index in [1.54, 1.807) is 0 Å². The lowest BCUT2D eigenvalue weighted by molar-refractivity contribution is 0.261. The minimum Gasteiger partial charge on any atom is -0.357 e. The van der Waals surface area contributed by atoms with E-state index in [0.717, 1.165) is 22.9 Å². The first-order chi connectivity index (χ1) is 10.6. The smallest absolute Gasteiger partial charge is 0.113 e. The van der Waals surface area contributed by atoms with Crippen molar-refractivity contribution >= 4 is 40.1 Å². The number of nitrogens with zero attached hydrogens (tertiary/aromatic N) is 1. The van der Waals surface area contributed by atoms with Crippen molar-refractivity contribution in [3.63, 3.8) is 0 Å². The number of hydrogen-bond acceptors (Lipinski definition) is 1. The molecule has 1 N–H and O–H groups in total. The van der Waals surface area contributed by atoms with Crippen LogP contribution >= 0.6 is 15.9 Å². The van der Waals surface area contributed by atoms with Gasteiger partial charge in [0.25, 0.3) is 0 Å².